The van der Waals surface area contributed by atoms with Gasteiger partial charge in [0.1, 0.15) is 0 Å². The zero-order valence-electron chi connectivity index (χ0n) is 11.8. The molecule has 0 fully saturated rings. The molecule has 4 nitrogen and oxygen atoms in total. The number of hydrogen-bond acceptors (Lipinski definition) is 3. The van der Waals surface area contributed by atoms with E-state index in [4.69, 9.17) is 5.11 Å². The number of amides is 1. The van der Waals surface area contributed by atoms with Crippen molar-refractivity contribution in [1.29, 1.82) is 0 Å². The summed E-state index contributed by atoms with van der Waals surface area (Å²) in [5.74, 6) is 0.393. The van der Waals surface area contributed by atoms with E-state index >= 15 is 0 Å². The topological polar surface area (TPSA) is 61.4 Å². The van der Waals surface area contributed by atoms with Crippen LogP contribution in [0.25, 0.3) is 0 Å². The van der Waals surface area contributed by atoms with Crippen LogP contribution in [0.5, 0.6) is 0 Å². The van der Waals surface area contributed by atoms with Crippen LogP contribution >= 0.6 is 0 Å². The van der Waals surface area contributed by atoms with E-state index in [1.54, 1.807) is 0 Å². The summed E-state index contributed by atoms with van der Waals surface area (Å²) in [5.41, 5.74) is 1.92. The van der Waals surface area contributed by atoms with Crippen molar-refractivity contribution >= 4 is 11.6 Å². The molecule has 0 heterocycles. The molecule has 106 valence electrons. The summed E-state index contributed by atoms with van der Waals surface area (Å²) < 4.78 is 0. The monoisotopic (exact) mass is 264 g/mol. The highest BCUT2D eigenvalue weighted by atomic mass is 16.3. The first-order valence-electron chi connectivity index (χ1n) is 6.84. The molecular formula is C15H24N2O2. The van der Waals surface area contributed by atoms with Crippen LogP contribution in [-0.2, 0) is 4.79 Å². The van der Waals surface area contributed by atoms with Crippen molar-refractivity contribution < 1.29 is 9.90 Å². The van der Waals surface area contributed by atoms with Gasteiger partial charge in [-0.1, -0.05) is 31.5 Å². The van der Waals surface area contributed by atoms with E-state index < -0.39 is 0 Å². The molecule has 4 heteroatoms. The van der Waals surface area contributed by atoms with Crippen molar-refractivity contribution in [3.05, 3.63) is 29.8 Å². The van der Waals surface area contributed by atoms with Gasteiger partial charge in [-0.25, -0.2) is 0 Å². The molecule has 19 heavy (non-hydrogen) atoms. The van der Waals surface area contributed by atoms with Crippen LogP contribution in [-0.4, -0.2) is 30.7 Å². The van der Waals surface area contributed by atoms with E-state index in [9.17, 15) is 4.79 Å². The second-order valence-corrected chi connectivity index (χ2v) is 4.78. The maximum Gasteiger partial charge on any atom is 0.238 e. The van der Waals surface area contributed by atoms with Crippen LogP contribution in [0.2, 0.25) is 0 Å². The van der Waals surface area contributed by atoms with Gasteiger partial charge in [-0.15, -0.1) is 0 Å². The number of para-hydroxylation sites is 1. The molecule has 1 atom stereocenters. The van der Waals surface area contributed by atoms with Crippen molar-refractivity contribution in [1.82, 2.24) is 5.32 Å². The third-order valence-corrected chi connectivity index (χ3v) is 3.25. The molecule has 0 aliphatic heterocycles. The molecule has 1 unspecified atom stereocenters. The van der Waals surface area contributed by atoms with Crippen LogP contribution in [0.1, 0.15) is 25.3 Å². The third-order valence-electron chi connectivity index (χ3n) is 3.25. The van der Waals surface area contributed by atoms with Gasteiger partial charge in [0.2, 0.25) is 5.91 Å². The SMILES string of the molecule is CCC(CCO)CNCC(=O)Nc1ccccc1C. The summed E-state index contributed by atoms with van der Waals surface area (Å²) >= 11 is 0. The number of hydrogen-bond donors (Lipinski definition) is 3. The number of aliphatic hydroxyl groups excluding tert-OH is 1. The maximum absolute atomic E-state index is 11.8. The highest BCUT2D eigenvalue weighted by molar-refractivity contribution is 5.92. The van der Waals surface area contributed by atoms with Crippen molar-refractivity contribution in [3.63, 3.8) is 0 Å². The Bertz CT molecular complexity index is 393. The van der Waals surface area contributed by atoms with Gasteiger partial charge < -0.3 is 15.7 Å². The van der Waals surface area contributed by atoms with Crippen LogP contribution in [0.15, 0.2) is 24.3 Å². The Hall–Kier alpha value is -1.39. The number of anilines is 1. The maximum atomic E-state index is 11.8. The molecule has 0 saturated carbocycles. The molecule has 0 aliphatic rings. The van der Waals surface area contributed by atoms with Crippen LogP contribution in [0, 0.1) is 12.8 Å². The van der Waals surface area contributed by atoms with E-state index in [0.717, 1.165) is 30.6 Å². The molecule has 0 spiro atoms. The lowest BCUT2D eigenvalue weighted by atomic mass is 10.0. The Kier molecular flexibility index (Phi) is 7.15. The lowest BCUT2D eigenvalue weighted by Gasteiger charge is -2.14. The van der Waals surface area contributed by atoms with Gasteiger partial charge in [0.15, 0.2) is 0 Å². The van der Waals surface area contributed by atoms with Gasteiger partial charge in [-0.2, -0.15) is 0 Å². The van der Waals surface area contributed by atoms with Crippen molar-refractivity contribution in [2.75, 3.05) is 25.0 Å². The molecule has 3 N–H and O–H groups in total. The molecule has 0 bridgehead atoms. The average molecular weight is 264 g/mol. The van der Waals surface area contributed by atoms with E-state index in [-0.39, 0.29) is 12.5 Å². The fourth-order valence-electron chi connectivity index (χ4n) is 1.93. The van der Waals surface area contributed by atoms with E-state index in [0.29, 0.717) is 12.5 Å². The number of carbonyl (C=O) groups excluding carboxylic acids is 1. The standard InChI is InChI=1S/C15H24N2O2/c1-3-13(8-9-18)10-16-11-15(19)17-14-7-5-4-6-12(14)2/h4-7,13,16,18H,3,8-11H2,1-2H3,(H,17,19). The van der Waals surface area contributed by atoms with Crippen LogP contribution in [0.4, 0.5) is 5.69 Å². The van der Waals surface area contributed by atoms with Crippen molar-refractivity contribution in [2.45, 2.75) is 26.7 Å². The van der Waals surface area contributed by atoms with E-state index in [1.165, 1.54) is 0 Å². The first-order chi connectivity index (χ1) is 9.17. The smallest absolute Gasteiger partial charge is 0.238 e. The summed E-state index contributed by atoms with van der Waals surface area (Å²) in [5, 5.41) is 14.9. The predicted octanol–water partition coefficient (Wildman–Crippen LogP) is 1.93. The quantitative estimate of drug-likeness (QED) is 0.672. The third kappa shape index (κ3) is 5.85. The predicted molar refractivity (Wildman–Crippen MR) is 78.2 cm³/mol. The Balaban J connectivity index is 2.30. The summed E-state index contributed by atoms with van der Waals surface area (Å²) in [7, 11) is 0. The largest absolute Gasteiger partial charge is 0.396 e. The Labute approximate surface area is 115 Å². The minimum atomic E-state index is -0.0341. The van der Waals surface area contributed by atoms with Gasteiger partial charge in [-0.3, -0.25) is 4.79 Å². The first kappa shape index (κ1) is 15.7. The number of nitrogens with one attached hydrogen (secondary N) is 2. The Morgan fingerprint density at radius 1 is 1.37 bits per heavy atom. The molecule has 0 aliphatic carbocycles. The zero-order valence-corrected chi connectivity index (χ0v) is 11.8. The van der Waals surface area contributed by atoms with Crippen LogP contribution < -0.4 is 10.6 Å². The fraction of sp³-hybridized carbons (Fsp3) is 0.533. The summed E-state index contributed by atoms with van der Waals surface area (Å²) in [6.07, 6.45) is 1.79. The fourth-order valence-corrected chi connectivity index (χ4v) is 1.93. The lowest BCUT2D eigenvalue weighted by molar-refractivity contribution is -0.115. The highest BCUT2D eigenvalue weighted by Crippen LogP contribution is 2.12. The number of aliphatic hydroxyl groups is 1. The molecule has 0 aromatic heterocycles. The average Bonchev–Trinajstić information content (AvgIpc) is 2.40. The normalized spacial score (nSPS) is 12.2. The molecule has 0 radical (unpaired) electrons. The highest BCUT2D eigenvalue weighted by Gasteiger charge is 2.07. The minimum absolute atomic E-state index is 0.0341. The zero-order chi connectivity index (χ0) is 14.1. The van der Waals surface area contributed by atoms with Crippen molar-refractivity contribution in [3.8, 4) is 0 Å². The summed E-state index contributed by atoms with van der Waals surface area (Å²) in [6, 6.07) is 7.72. The molecule has 1 aromatic rings. The number of benzene rings is 1. The van der Waals surface area contributed by atoms with Crippen LogP contribution in [0.3, 0.4) is 0 Å². The summed E-state index contributed by atoms with van der Waals surface area (Å²) in [4.78, 5) is 11.8. The Morgan fingerprint density at radius 3 is 2.74 bits per heavy atom. The molecule has 1 aromatic carbocycles. The number of carbonyl (C=O) groups is 1. The van der Waals surface area contributed by atoms with Gasteiger partial charge in [0, 0.05) is 12.3 Å². The first-order valence-corrected chi connectivity index (χ1v) is 6.84. The molecule has 1 amide bonds. The number of aryl methyl sites for hydroxylation is 1. The van der Waals surface area contributed by atoms with Gasteiger partial charge in [0.25, 0.3) is 0 Å². The van der Waals surface area contributed by atoms with Crippen molar-refractivity contribution in [2.24, 2.45) is 5.92 Å². The Morgan fingerprint density at radius 2 is 2.11 bits per heavy atom. The molecule has 0 saturated heterocycles. The van der Waals surface area contributed by atoms with E-state index in [2.05, 4.69) is 17.6 Å². The van der Waals surface area contributed by atoms with Gasteiger partial charge in [-0.05, 0) is 37.4 Å². The lowest BCUT2D eigenvalue weighted by Crippen LogP contribution is -2.32. The second-order valence-electron chi connectivity index (χ2n) is 4.78. The minimum Gasteiger partial charge on any atom is -0.396 e. The van der Waals surface area contributed by atoms with E-state index in [1.807, 2.05) is 31.2 Å². The van der Waals surface area contributed by atoms with Gasteiger partial charge >= 0.3 is 0 Å². The number of rotatable bonds is 8. The molecule has 1 rings (SSSR count). The van der Waals surface area contributed by atoms with Gasteiger partial charge in [0.05, 0.1) is 6.54 Å². The second kappa shape index (κ2) is 8.67. The summed E-state index contributed by atoms with van der Waals surface area (Å²) in [6.45, 7) is 5.33. The molecular weight excluding hydrogens is 240 g/mol.